The molecule has 1 aromatic rings. The summed E-state index contributed by atoms with van der Waals surface area (Å²) in [6.07, 6.45) is 2.41. The fourth-order valence-electron chi connectivity index (χ4n) is 2.95. The Bertz CT molecular complexity index is 629. The molecule has 1 saturated heterocycles. The minimum absolute atomic E-state index is 0.257. The molecular formula is C14H18N2O2S. The summed E-state index contributed by atoms with van der Waals surface area (Å²) < 4.78 is 24.5. The molecule has 3 rings (SSSR count). The summed E-state index contributed by atoms with van der Waals surface area (Å²) in [6.45, 7) is 3.10. The van der Waals surface area contributed by atoms with Crippen LogP contribution in [-0.2, 0) is 16.4 Å². The van der Waals surface area contributed by atoms with Crippen LogP contribution in [0.3, 0.4) is 0 Å². The first-order valence-corrected chi connectivity index (χ1v) is 8.17. The molecule has 0 aromatic heterocycles. The highest BCUT2D eigenvalue weighted by Crippen LogP contribution is 2.36. The van der Waals surface area contributed by atoms with Gasteiger partial charge in [-0.2, -0.15) is 0 Å². The van der Waals surface area contributed by atoms with Gasteiger partial charge in [0.05, 0.1) is 4.90 Å². The fraction of sp³-hybridized carbons (Fsp3) is 0.429. The molecule has 0 atom stereocenters. The second-order valence-electron chi connectivity index (χ2n) is 5.17. The summed E-state index contributed by atoms with van der Waals surface area (Å²) in [5.41, 5.74) is 8.12. The van der Waals surface area contributed by atoms with E-state index in [9.17, 15) is 8.42 Å². The van der Waals surface area contributed by atoms with Crippen molar-refractivity contribution in [2.24, 2.45) is 5.73 Å². The molecule has 1 fully saturated rings. The Kier molecular flexibility index (Phi) is 3.20. The molecule has 0 amide bonds. The minimum atomic E-state index is -3.31. The maximum absolute atomic E-state index is 12.3. The Labute approximate surface area is 113 Å². The van der Waals surface area contributed by atoms with Crippen LogP contribution in [0.25, 0.3) is 5.57 Å². The van der Waals surface area contributed by atoms with E-state index in [4.69, 9.17) is 5.73 Å². The van der Waals surface area contributed by atoms with Crippen LogP contribution in [-0.4, -0.2) is 33.0 Å². The lowest BCUT2D eigenvalue weighted by atomic mass is 10.0. The zero-order valence-corrected chi connectivity index (χ0v) is 11.6. The molecule has 19 heavy (non-hydrogen) atoms. The van der Waals surface area contributed by atoms with Gasteiger partial charge in [0.1, 0.15) is 0 Å². The van der Waals surface area contributed by atoms with Gasteiger partial charge >= 0.3 is 0 Å². The van der Waals surface area contributed by atoms with Crippen molar-refractivity contribution in [2.45, 2.75) is 24.3 Å². The highest BCUT2D eigenvalue weighted by molar-refractivity contribution is 7.95. The SMILES string of the molecule is NCc1cccc2c1S(=O)(=O)C=C2CN1CCCC1. The summed E-state index contributed by atoms with van der Waals surface area (Å²) in [6, 6.07) is 5.57. The minimum Gasteiger partial charge on any atom is -0.326 e. The molecule has 0 bridgehead atoms. The van der Waals surface area contributed by atoms with E-state index in [1.165, 1.54) is 18.2 Å². The van der Waals surface area contributed by atoms with E-state index >= 15 is 0 Å². The molecule has 0 spiro atoms. The molecule has 0 saturated carbocycles. The average Bonchev–Trinajstić information content (AvgIpc) is 2.97. The van der Waals surface area contributed by atoms with E-state index < -0.39 is 9.84 Å². The van der Waals surface area contributed by atoms with Gasteiger partial charge in [-0.1, -0.05) is 18.2 Å². The first kappa shape index (κ1) is 12.8. The number of benzene rings is 1. The molecule has 2 aliphatic rings. The number of hydrogen-bond donors (Lipinski definition) is 1. The molecule has 102 valence electrons. The smallest absolute Gasteiger partial charge is 0.201 e. The second-order valence-corrected chi connectivity index (χ2v) is 6.90. The van der Waals surface area contributed by atoms with Crippen molar-refractivity contribution < 1.29 is 8.42 Å². The van der Waals surface area contributed by atoms with Crippen LogP contribution in [0.5, 0.6) is 0 Å². The lowest BCUT2D eigenvalue weighted by molar-refractivity contribution is 0.383. The van der Waals surface area contributed by atoms with Crippen LogP contribution in [0.4, 0.5) is 0 Å². The summed E-state index contributed by atoms with van der Waals surface area (Å²) in [4.78, 5) is 2.73. The molecule has 0 aliphatic carbocycles. The standard InChI is InChI=1S/C14H18N2O2S/c15-8-11-4-3-5-13-12(9-16-6-1-2-7-16)10-19(17,18)14(11)13/h3-5,10H,1-2,6-9,15H2. The zero-order valence-electron chi connectivity index (χ0n) is 10.8. The summed E-state index contributed by atoms with van der Waals surface area (Å²) in [5, 5.41) is 1.43. The quantitative estimate of drug-likeness (QED) is 0.907. The first-order valence-electron chi connectivity index (χ1n) is 6.62. The van der Waals surface area contributed by atoms with Crippen LogP contribution >= 0.6 is 0 Å². The lowest BCUT2D eigenvalue weighted by Crippen LogP contribution is -2.21. The number of hydrogen-bond acceptors (Lipinski definition) is 4. The second kappa shape index (κ2) is 4.74. The van der Waals surface area contributed by atoms with Gasteiger partial charge in [0, 0.05) is 18.5 Å². The molecule has 5 heteroatoms. The number of sulfone groups is 1. The van der Waals surface area contributed by atoms with Crippen molar-refractivity contribution in [3.05, 3.63) is 34.7 Å². The Hall–Kier alpha value is -1.17. The van der Waals surface area contributed by atoms with E-state index in [2.05, 4.69) is 4.90 Å². The molecule has 2 N–H and O–H groups in total. The monoisotopic (exact) mass is 278 g/mol. The third kappa shape index (κ3) is 2.22. The van der Waals surface area contributed by atoms with Crippen molar-refractivity contribution in [3.63, 3.8) is 0 Å². The predicted octanol–water partition coefficient (Wildman–Crippen LogP) is 1.37. The van der Waals surface area contributed by atoms with Gasteiger partial charge in [-0.3, -0.25) is 4.90 Å². The molecule has 0 radical (unpaired) electrons. The first-order chi connectivity index (χ1) is 9.12. The van der Waals surface area contributed by atoms with Gasteiger partial charge in [0.2, 0.25) is 9.84 Å². The maximum atomic E-state index is 12.3. The topological polar surface area (TPSA) is 63.4 Å². The van der Waals surface area contributed by atoms with Gasteiger partial charge in [0.25, 0.3) is 0 Å². The van der Waals surface area contributed by atoms with Crippen molar-refractivity contribution >= 4 is 15.4 Å². The van der Waals surface area contributed by atoms with E-state index in [0.717, 1.165) is 30.8 Å². The Morgan fingerprint density at radius 2 is 1.95 bits per heavy atom. The van der Waals surface area contributed by atoms with Crippen LogP contribution in [0.1, 0.15) is 24.0 Å². The molecule has 1 aromatic carbocycles. The summed E-state index contributed by atoms with van der Waals surface area (Å²) in [7, 11) is -3.31. The van der Waals surface area contributed by atoms with Crippen molar-refractivity contribution in [1.29, 1.82) is 0 Å². The molecule has 2 heterocycles. The Morgan fingerprint density at radius 3 is 2.63 bits per heavy atom. The third-order valence-electron chi connectivity index (χ3n) is 3.84. The van der Waals surface area contributed by atoms with Crippen molar-refractivity contribution in [1.82, 2.24) is 4.90 Å². The van der Waals surface area contributed by atoms with Gasteiger partial charge in [-0.25, -0.2) is 8.42 Å². The maximum Gasteiger partial charge on any atom is 0.201 e. The highest BCUT2D eigenvalue weighted by Gasteiger charge is 2.30. The van der Waals surface area contributed by atoms with E-state index in [0.29, 0.717) is 10.5 Å². The molecule has 0 unspecified atom stereocenters. The third-order valence-corrected chi connectivity index (χ3v) is 5.48. The molecule has 2 aliphatic heterocycles. The highest BCUT2D eigenvalue weighted by atomic mass is 32.2. The summed E-state index contributed by atoms with van der Waals surface area (Å²) in [5.74, 6) is 0. The van der Waals surface area contributed by atoms with Gasteiger partial charge < -0.3 is 5.73 Å². The fourth-order valence-corrected chi connectivity index (χ4v) is 4.66. The Morgan fingerprint density at radius 1 is 1.21 bits per heavy atom. The molecule has 4 nitrogen and oxygen atoms in total. The number of rotatable bonds is 3. The molecular weight excluding hydrogens is 260 g/mol. The number of likely N-dealkylation sites (tertiary alicyclic amines) is 1. The average molecular weight is 278 g/mol. The van der Waals surface area contributed by atoms with Crippen LogP contribution < -0.4 is 5.73 Å². The van der Waals surface area contributed by atoms with Gasteiger partial charge in [-0.05, 0) is 42.6 Å². The van der Waals surface area contributed by atoms with E-state index in [1.807, 2.05) is 12.1 Å². The normalized spacial score (nSPS) is 21.4. The number of fused-ring (bicyclic) bond motifs is 1. The number of nitrogens with zero attached hydrogens (tertiary/aromatic N) is 1. The van der Waals surface area contributed by atoms with Gasteiger partial charge in [0.15, 0.2) is 0 Å². The summed E-state index contributed by atoms with van der Waals surface area (Å²) >= 11 is 0. The van der Waals surface area contributed by atoms with Crippen molar-refractivity contribution in [2.75, 3.05) is 19.6 Å². The number of nitrogens with two attached hydrogens (primary N) is 1. The van der Waals surface area contributed by atoms with Crippen molar-refractivity contribution in [3.8, 4) is 0 Å². The van der Waals surface area contributed by atoms with E-state index in [1.54, 1.807) is 6.07 Å². The van der Waals surface area contributed by atoms with Crippen LogP contribution in [0, 0.1) is 0 Å². The van der Waals surface area contributed by atoms with Crippen LogP contribution in [0.2, 0.25) is 0 Å². The van der Waals surface area contributed by atoms with E-state index in [-0.39, 0.29) is 6.54 Å². The van der Waals surface area contributed by atoms with Crippen LogP contribution in [0.15, 0.2) is 28.5 Å². The predicted molar refractivity (Wildman–Crippen MR) is 75.2 cm³/mol. The lowest BCUT2D eigenvalue weighted by Gasteiger charge is -2.15. The zero-order chi connectivity index (χ0) is 13.5. The van der Waals surface area contributed by atoms with Gasteiger partial charge in [-0.15, -0.1) is 0 Å². The largest absolute Gasteiger partial charge is 0.326 e. The Balaban J connectivity index is 2.01.